The lowest BCUT2D eigenvalue weighted by Crippen LogP contribution is -1.73. The Kier molecular flexibility index (Phi) is 1.14. The Morgan fingerprint density at radius 1 is 1.07 bits per heavy atom. The van der Waals surface area contributed by atoms with Gasteiger partial charge in [-0.05, 0) is 12.1 Å². The minimum Gasteiger partial charge on any atom is -0.236 e. The number of nitrogens with zero attached hydrogens (tertiary/aromatic N) is 1. The highest BCUT2D eigenvalue weighted by atomic mass is 32.1. The van der Waals surface area contributed by atoms with Gasteiger partial charge in [-0.1, -0.05) is 42.3 Å². The second-order valence-electron chi connectivity index (χ2n) is 2.99. The third-order valence-corrected chi connectivity index (χ3v) is 3.06. The summed E-state index contributed by atoms with van der Waals surface area (Å²) in [5, 5.41) is 0.447. The van der Waals surface area contributed by atoms with E-state index in [1.807, 2.05) is 24.3 Å². The summed E-state index contributed by atoms with van der Waals surface area (Å²) in [5.74, 6) is 0. The third kappa shape index (κ3) is 1.53. The molecule has 0 fully saturated rings. The van der Waals surface area contributed by atoms with Gasteiger partial charge in [-0.2, -0.15) is 0 Å². The summed E-state index contributed by atoms with van der Waals surface area (Å²) in [4.78, 5) is 4.37. The second kappa shape index (κ2) is 3.48. The monoisotopic (exact) mass is 216 g/mol. The molecule has 0 aliphatic carbocycles. The third-order valence-electron chi connectivity index (χ3n) is 2.01. The van der Waals surface area contributed by atoms with Gasteiger partial charge < -0.3 is 0 Å². The lowest BCUT2D eigenvalue weighted by Gasteiger charge is -1.92. The number of aromatic nitrogens is 1. The molecule has 0 aliphatic rings. The van der Waals surface area contributed by atoms with Gasteiger partial charge in [-0.25, -0.2) is 4.98 Å². The van der Waals surface area contributed by atoms with Crippen LogP contribution in [0.5, 0.6) is 0 Å². The number of hydrogen-bond donors (Lipinski definition) is 0. The highest BCUT2D eigenvalue weighted by Gasteiger charge is 2.03. The molecule has 0 saturated carbocycles. The van der Waals surface area contributed by atoms with Crippen LogP contribution in [0.4, 0.5) is 0 Å². The van der Waals surface area contributed by atoms with Gasteiger partial charge in [-0.15, -0.1) is 11.3 Å². The molecule has 0 N–H and O–H groups in total. The summed E-state index contributed by atoms with van der Waals surface area (Å²) in [6.45, 7) is 0. The fourth-order valence-electron chi connectivity index (χ4n) is 1.34. The molecular weight excluding hydrogens is 202 g/mol. The number of hydrogen-bond acceptors (Lipinski definition) is 2. The highest BCUT2D eigenvalue weighted by molar-refractivity contribution is 7.21. The molecule has 0 amide bonds. The minimum absolute atomic E-state index is 0.164. The van der Waals surface area contributed by atoms with Crippen molar-refractivity contribution in [3.8, 4) is 10.6 Å². The Morgan fingerprint density at radius 3 is 2.67 bits per heavy atom. The largest absolute Gasteiger partial charge is 0.236 e. The van der Waals surface area contributed by atoms with E-state index in [4.69, 9.17) is 6.85 Å². The van der Waals surface area contributed by atoms with Crippen LogP contribution in [0.15, 0.2) is 54.5 Å². The Balaban J connectivity index is 2.34. The van der Waals surface area contributed by atoms with Gasteiger partial charge in [0.1, 0.15) is 5.01 Å². The summed E-state index contributed by atoms with van der Waals surface area (Å²) in [6.07, 6.45) is 0. The van der Waals surface area contributed by atoms with Crippen LogP contribution in [-0.4, -0.2) is 4.98 Å². The van der Waals surface area contributed by atoms with E-state index in [-0.39, 0.29) is 35.8 Å². The van der Waals surface area contributed by atoms with E-state index in [0.717, 1.165) is 10.2 Å². The second-order valence-corrected chi connectivity index (χ2v) is 4.02. The van der Waals surface area contributed by atoms with E-state index in [0.29, 0.717) is 5.01 Å². The van der Waals surface area contributed by atoms with Crippen LogP contribution in [0.1, 0.15) is 6.85 Å². The van der Waals surface area contributed by atoms with Crippen molar-refractivity contribution in [1.82, 2.24) is 4.98 Å². The molecule has 1 heterocycles. The molecule has 3 rings (SSSR count). The summed E-state index contributed by atoms with van der Waals surface area (Å²) in [6, 6.07) is 5.99. The molecule has 15 heavy (non-hydrogen) atoms. The van der Waals surface area contributed by atoms with E-state index < -0.39 is 0 Å². The average molecular weight is 216 g/mol. The molecule has 0 bridgehead atoms. The summed E-state index contributed by atoms with van der Waals surface area (Å²) in [7, 11) is 0. The van der Waals surface area contributed by atoms with Crippen molar-refractivity contribution in [3.05, 3.63) is 54.5 Å². The number of benzene rings is 2. The molecule has 0 atom stereocenters. The van der Waals surface area contributed by atoms with E-state index in [9.17, 15) is 0 Å². The Morgan fingerprint density at radius 2 is 1.87 bits per heavy atom. The quantitative estimate of drug-likeness (QED) is 0.600. The van der Waals surface area contributed by atoms with Crippen LogP contribution in [0, 0.1) is 0 Å². The number of fused-ring (bicyclic) bond motifs is 1. The zero-order chi connectivity index (χ0) is 14.4. The number of rotatable bonds is 1. The molecule has 1 nitrogen and oxygen atoms in total. The maximum absolute atomic E-state index is 7.94. The fraction of sp³-hybridized carbons (Fsp3) is 0. The first kappa shape index (κ1) is 4.90. The number of thiazole rings is 1. The molecule has 2 aromatic carbocycles. The lowest BCUT2D eigenvalue weighted by atomic mass is 10.2. The molecule has 3 aromatic rings. The van der Waals surface area contributed by atoms with Crippen LogP contribution in [0.3, 0.4) is 0 Å². The van der Waals surface area contributed by atoms with Crippen LogP contribution in [0.2, 0.25) is 0 Å². The molecular formula is C13H9NS. The van der Waals surface area contributed by atoms with Crippen LogP contribution in [0.25, 0.3) is 20.8 Å². The van der Waals surface area contributed by atoms with E-state index >= 15 is 0 Å². The number of para-hydroxylation sites is 1. The van der Waals surface area contributed by atoms with Crippen LogP contribution >= 0.6 is 11.3 Å². The fourth-order valence-corrected chi connectivity index (χ4v) is 2.26. The molecule has 0 radical (unpaired) electrons. The summed E-state index contributed by atoms with van der Waals surface area (Å²) in [5.41, 5.74) is 0.927. The van der Waals surface area contributed by atoms with Crippen molar-refractivity contribution in [2.24, 2.45) is 0 Å². The van der Waals surface area contributed by atoms with Gasteiger partial charge in [0.2, 0.25) is 0 Å². The maximum Gasteiger partial charge on any atom is 0.124 e. The van der Waals surface area contributed by atoms with E-state index in [2.05, 4.69) is 4.98 Å². The zero-order valence-electron chi connectivity index (χ0n) is 12.7. The van der Waals surface area contributed by atoms with E-state index in [1.54, 1.807) is 0 Å². The van der Waals surface area contributed by atoms with Crippen molar-refractivity contribution in [2.45, 2.75) is 0 Å². The van der Waals surface area contributed by atoms with Gasteiger partial charge >= 0.3 is 0 Å². The molecule has 0 aliphatic heterocycles. The molecule has 1 aromatic heterocycles. The van der Waals surface area contributed by atoms with Crippen LogP contribution < -0.4 is 0 Å². The Bertz CT molecular complexity index is 765. The summed E-state index contributed by atoms with van der Waals surface area (Å²) < 4.78 is 39.8. The van der Waals surface area contributed by atoms with Crippen molar-refractivity contribution in [2.75, 3.05) is 0 Å². The smallest absolute Gasteiger partial charge is 0.124 e. The van der Waals surface area contributed by atoms with Gasteiger partial charge in [0.25, 0.3) is 0 Å². The van der Waals surface area contributed by atoms with Crippen molar-refractivity contribution in [3.63, 3.8) is 0 Å². The normalized spacial score (nSPS) is 15.3. The predicted molar refractivity (Wildman–Crippen MR) is 65.1 cm³/mol. The first-order valence-corrected chi connectivity index (χ1v) is 5.25. The van der Waals surface area contributed by atoms with Crippen molar-refractivity contribution in [1.29, 1.82) is 0 Å². The lowest BCUT2D eigenvalue weighted by molar-refractivity contribution is 1.48. The van der Waals surface area contributed by atoms with Crippen molar-refractivity contribution < 1.29 is 6.85 Å². The maximum atomic E-state index is 7.94. The first-order chi connectivity index (χ1) is 9.50. The first-order valence-electron chi connectivity index (χ1n) is 6.93. The SMILES string of the molecule is [2H]c1c([2H])c([2H])c(-c2nc3ccccc3s2)c([2H])c1[2H]. The van der Waals surface area contributed by atoms with Gasteiger partial charge in [-0.3, -0.25) is 0 Å². The summed E-state index contributed by atoms with van der Waals surface area (Å²) >= 11 is 1.32. The molecule has 0 spiro atoms. The Labute approximate surface area is 99.1 Å². The average Bonchev–Trinajstić information content (AvgIpc) is 2.86. The van der Waals surface area contributed by atoms with E-state index in [1.165, 1.54) is 11.3 Å². The molecule has 0 saturated heterocycles. The minimum atomic E-state index is -0.384. The standard InChI is InChI=1S/C13H9NS/c1-2-6-10(7-3-1)13-14-11-8-4-5-9-12(11)15-13/h1-9H/i1D,2D,3D,6D,7D. The predicted octanol–water partition coefficient (Wildman–Crippen LogP) is 3.96. The zero-order valence-corrected chi connectivity index (χ0v) is 8.48. The topological polar surface area (TPSA) is 12.9 Å². The Hall–Kier alpha value is -1.67. The highest BCUT2D eigenvalue weighted by Crippen LogP contribution is 2.29. The van der Waals surface area contributed by atoms with Crippen LogP contribution in [-0.2, 0) is 0 Å². The molecule has 72 valence electrons. The molecule has 0 unspecified atom stereocenters. The van der Waals surface area contributed by atoms with Crippen molar-refractivity contribution >= 4 is 21.6 Å². The van der Waals surface area contributed by atoms with Gasteiger partial charge in [0, 0.05) is 5.56 Å². The van der Waals surface area contributed by atoms with Gasteiger partial charge in [0.05, 0.1) is 17.1 Å². The molecule has 2 heteroatoms. The van der Waals surface area contributed by atoms with Gasteiger partial charge in [0.15, 0.2) is 0 Å².